The van der Waals surface area contributed by atoms with E-state index >= 15 is 0 Å². The highest BCUT2D eigenvalue weighted by molar-refractivity contribution is 7.98. The van der Waals surface area contributed by atoms with Crippen LogP contribution in [0.3, 0.4) is 0 Å². The molecule has 2 aromatic rings. The summed E-state index contributed by atoms with van der Waals surface area (Å²) in [4.78, 5) is 21.1. The monoisotopic (exact) mass is 303 g/mol. The SMILES string of the molecule is CN(CCC(=O)O)c1cncc(SCc2ccccc2)n1. The summed E-state index contributed by atoms with van der Waals surface area (Å²) in [5, 5.41) is 9.54. The third-order valence-corrected chi connectivity index (χ3v) is 3.85. The number of carboxylic acids is 1. The molecule has 0 aliphatic rings. The molecule has 6 heteroatoms. The molecule has 0 aliphatic heterocycles. The Bertz CT molecular complexity index is 592. The Kier molecular flexibility index (Phi) is 5.57. The van der Waals surface area contributed by atoms with Gasteiger partial charge >= 0.3 is 5.97 Å². The van der Waals surface area contributed by atoms with E-state index in [4.69, 9.17) is 5.11 Å². The van der Waals surface area contributed by atoms with Gasteiger partial charge in [0.25, 0.3) is 0 Å². The summed E-state index contributed by atoms with van der Waals surface area (Å²) < 4.78 is 0. The first-order chi connectivity index (χ1) is 10.1. The number of benzene rings is 1. The topological polar surface area (TPSA) is 66.3 Å². The van der Waals surface area contributed by atoms with Gasteiger partial charge in [-0.2, -0.15) is 0 Å². The van der Waals surface area contributed by atoms with E-state index in [2.05, 4.69) is 22.1 Å². The zero-order valence-corrected chi connectivity index (χ0v) is 12.6. The van der Waals surface area contributed by atoms with Crippen LogP contribution in [0.1, 0.15) is 12.0 Å². The minimum absolute atomic E-state index is 0.0829. The van der Waals surface area contributed by atoms with E-state index < -0.39 is 5.97 Å². The molecule has 1 N–H and O–H groups in total. The molecule has 110 valence electrons. The van der Waals surface area contributed by atoms with Crippen molar-refractivity contribution in [3.63, 3.8) is 0 Å². The summed E-state index contributed by atoms with van der Waals surface area (Å²) in [6.07, 6.45) is 3.45. The number of carboxylic acid groups (broad SMARTS) is 1. The van der Waals surface area contributed by atoms with Crippen molar-refractivity contribution in [1.29, 1.82) is 0 Å². The van der Waals surface area contributed by atoms with Gasteiger partial charge in [-0.25, -0.2) is 4.98 Å². The summed E-state index contributed by atoms with van der Waals surface area (Å²) in [5.41, 5.74) is 1.23. The van der Waals surface area contributed by atoms with Crippen LogP contribution in [0.4, 0.5) is 5.82 Å². The van der Waals surface area contributed by atoms with Crippen molar-refractivity contribution in [3.8, 4) is 0 Å². The zero-order chi connectivity index (χ0) is 15.1. The molecule has 21 heavy (non-hydrogen) atoms. The summed E-state index contributed by atoms with van der Waals surface area (Å²) >= 11 is 1.61. The van der Waals surface area contributed by atoms with Crippen molar-refractivity contribution in [1.82, 2.24) is 9.97 Å². The van der Waals surface area contributed by atoms with Crippen LogP contribution in [0.25, 0.3) is 0 Å². The molecule has 0 saturated heterocycles. The Morgan fingerprint density at radius 3 is 2.76 bits per heavy atom. The lowest BCUT2D eigenvalue weighted by molar-refractivity contribution is -0.136. The highest BCUT2D eigenvalue weighted by Gasteiger charge is 2.07. The minimum Gasteiger partial charge on any atom is -0.481 e. The zero-order valence-electron chi connectivity index (χ0n) is 11.8. The molecule has 0 aliphatic carbocycles. The molecule has 1 heterocycles. The third-order valence-electron chi connectivity index (χ3n) is 2.88. The van der Waals surface area contributed by atoms with Crippen molar-refractivity contribution in [2.24, 2.45) is 0 Å². The molecule has 1 aromatic carbocycles. The van der Waals surface area contributed by atoms with Crippen molar-refractivity contribution < 1.29 is 9.90 Å². The van der Waals surface area contributed by atoms with E-state index in [0.29, 0.717) is 12.4 Å². The van der Waals surface area contributed by atoms with Crippen molar-refractivity contribution >= 4 is 23.5 Å². The van der Waals surface area contributed by atoms with Gasteiger partial charge in [-0.1, -0.05) is 30.3 Å². The van der Waals surface area contributed by atoms with E-state index in [1.165, 1.54) is 5.56 Å². The first kappa shape index (κ1) is 15.3. The quantitative estimate of drug-likeness (QED) is 0.793. The number of nitrogens with zero attached hydrogens (tertiary/aromatic N) is 3. The fraction of sp³-hybridized carbons (Fsp3) is 0.267. The number of aliphatic carboxylic acids is 1. The number of rotatable bonds is 7. The average Bonchev–Trinajstić information content (AvgIpc) is 2.52. The highest BCUT2D eigenvalue weighted by atomic mass is 32.2. The minimum atomic E-state index is -0.815. The number of thioether (sulfide) groups is 1. The Hall–Kier alpha value is -2.08. The Morgan fingerprint density at radius 2 is 2.05 bits per heavy atom. The number of aromatic nitrogens is 2. The summed E-state index contributed by atoms with van der Waals surface area (Å²) in [5.74, 6) is 0.705. The van der Waals surface area contributed by atoms with Gasteiger partial charge < -0.3 is 10.0 Å². The predicted molar refractivity (Wildman–Crippen MR) is 83.6 cm³/mol. The van der Waals surface area contributed by atoms with Crippen LogP contribution >= 0.6 is 11.8 Å². The molecular formula is C15H17N3O2S. The number of hydrogen-bond donors (Lipinski definition) is 1. The number of hydrogen-bond acceptors (Lipinski definition) is 5. The molecule has 0 atom stereocenters. The van der Waals surface area contributed by atoms with Gasteiger partial charge in [-0.05, 0) is 5.56 Å². The standard InChI is InChI=1S/C15H17N3O2S/c1-18(8-7-15(19)20)13-9-16-10-14(17-13)21-11-12-5-3-2-4-6-12/h2-6,9-10H,7-8,11H2,1H3,(H,19,20). The van der Waals surface area contributed by atoms with Crippen molar-refractivity contribution in [2.45, 2.75) is 17.2 Å². The van der Waals surface area contributed by atoms with E-state index in [1.54, 1.807) is 29.1 Å². The molecule has 0 bridgehead atoms. The lowest BCUT2D eigenvalue weighted by Gasteiger charge is -2.16. The van der Waals surface area contributed by atoms with Crippen LogP contribution in [0, 0.1) is 0 Å². The molecular weight excluding hydrogens is 286 g/mol. The molecule has 1 aromatic heterocycles. The molecule has 0 saturated carbocycles. The molecule has 2 rings (SSSR count). The predicted octanol–water partition coefficient (Wildman–Crippen LogP) is 2.68. The van der Waals surface area contributed by atoms with Crippen LogP contribution in [0.5, 0.6) is 0 Å². The van der Waals surface area contributed by atoms with Gasteiger partial charge in [0.15, 0.2) is 0 Å². The summed E-state index contributed by atoms with van der Waals surface area (Å²) in [6, 6.07) is 10.2. The van der Waals surface area contributed by atoms with Gasteiger partial charge in [-0.15, -0.1) is 11.8 Å². The van der Waals surface area contributed by atoms with E-state index in [9.17, 15) is 4.79 Å². The Labute approximate surface area is 128 Å². The van der Waals surface area contributed by atoms with Crippen LogP contribution in [0.15, 0.2) is 47.8 Å². The second kappa shape index (κ2) is 7.64. The molecule has 0 radical (unpaired) electrons. The summed E-state index contributed by atoms with van der Waals surface area (Å²) in [7, 11) is 1.82. The normalized spacial score (nSPS) is 10.3. The van der Waals surface area contributed by atoms with E-state index in [-0.39, 0.29) is 6.42 Å². The fourth-order valence-corrected chi connectivity index (χ4v) is 2.50. The smallest absolute Gasteiger partial charge is 0.305 e. The van der Waals surface area contributed by atoms with Gasteiger partial charge in [0.2, 0.25) is 0 Å². The molecule has 0 amide bonds. The van der Waals surface area contributed by atoms with Crippen molar-refractivity contribution in [3.05, 3.63) is 48.3 Å². The van der Waals surface area contributed by atoms with Crippen LogP contribution in [0.2, 0.25) is 0 Å². The lowest BCUT2D eigenvalue weighted by Crippen LogP contribution is -2.22. The Balaban J connectivity index is 1.95. The van der Waals surface area contributed by atoms with E-state index in [1.807, 2.05) is 25.2 Å². The van der Waals surface area contributed by atoms with Gasteiger partial charge in [-0.3, -0.25) is 9.78 Å². The van der Waals surface area contributed by atoms with Gasteiger partial charge in [0, 0.05) is 19.3 Å². The Morgan fingerprint density at radius 1 is 1.29 bits per heavy atom. The molecule has 5 nitrogen and oxygen atoms in total. The second-order valence-corrected chi connectivity index (χ2v) is 5.55. The van der Waals surface area contributed by atoms with Gasteiger partial charge in [0.1, 0.15) is 10.8 Å². The first-order valence-electron chi connectivity index (χ1n) is 6.57. The van der Waals surface area contributed by atoms with Crippen molar-refractivity contribution in [2.75, 3.05) is 18.5 Å². The first-order valence-corrected chi connectivity index (χ1v) is 7.55. The maximum absolute atomic E-state index is 10.6. The second-order valence-electron chi connectivity index (χ2n) is 4.56. The maximum Gasteiger partial charge on any atom is 0.305 e. The average molecular weight is 303 g/mol. The van der Waals surface area contributed by atoms with Crippen LogP contribution in [-0.4, -0.2) is 34.6 Å². The lowest BCUT2D eigenvalue weighted by atomic mass is 10.2. The maximum atomic E-state index is 10.6. The summed E-state index contributed by atoms with van der Waals surface area (Å²) in [6.45, 7) is 0.414. The largest absolute Gasteiger partial charge is 0.481 e. The molecule has 0 unspecified atom stereocenters. The van der Waals surface area contributed by atoms with Crippen LogP contribution < -0.4 is 4.90 Å². The van der Waals surface area contributed by atoms with Gasteiger partial charge in [0.05, 0.1) is 18.8 Å². The van der Waals surface area contributed by atoms with E-state index in [0.717, 1.165) is 10.8 Å². The third kappa shape index (κ3) is 5.07. The molecule has 0 fully saturated rings. The molecule has 0 spiro atoms. The van der Waals surface area contributed by atoms with Crippen LogP contribution in [-0.2, 0) is 10.5 Å². The highest BCUT2D eigenvalue weighted by Crippen LogP contribution is 2.21. The number of anilines is 1. The number of carbonyl (C=O) groups is 1. The fourth-order valence-electron chi connectivity index (χ4n) is 1.70.